The van der Waals surface area contributed by atoms with E-state index >= 15 is 0 Å². The van der Waals surface area contributed by atoms with Gasteiger partial charge in [-0.15, -0.1) is 11.8 Å². The van der Waals surface area contributed by atoms with E-state index < -0.39 is 23.0 Å². The molecule has 0 atom stereocenters. The molecular formula is C13H13F2NO3S. The molecule has 0 aromatic heterocycles. The van der Waals surface area contributed by atoms with Crippen LogP contribution in [-0.4, -0.2) is 29.3 Å². The average molecular weight is 301 g/mol. The Morgan fingerprint density at radius 2 is 2.05 bits per heavy atom. The van der Waals surface area contributed by atoms with Crippen molar-refractivity contribution in [2.45, 2.75) is 17.7 Å². The van der Waals surface area contributed by atoms with Crippen LogP contribution in [0, 0.1) is 17.0 Å². The molecule has 2 N–H and O–H groups in total. The number of benzene rings is 1. The number of hydrogen-bond donors (Lipinski definition) is 2. The standard InChI is InChI=1S/C13H13F2NO3S/c14-8-1-2-10(9(15)5-8)20-6-11(17)16-7-13(3-4-13)12(18)19/h1-2,5H,3-4,6-7H2,(H,16,17)(H,18,19). The summed E-state index contributed by atoms with van der Waals surface area (Å²) in [6, 6.07) is 3.14. The topological polar surface area (TPSA) is 66.4 Å². The zero-order valence-corrected chi connectivity index (χ0v) is 11.3. The lowest BCUT2D eigenvalue weighted by atomic mass is 10.1. The molecule has 20 heavy (non-hydrogen) atoms. The van der Waals surface area contributed by atoms with Crippen LogP contribution >= 0.6 is 11.8 Å². The lowest BCUT2D eigenvalue weighted by Gasteiger charge is -2.11. The summed E-state index contributed by atoms with van der Waals surface area (Å²) in [6.45, 7) is 0.0909. The summed E-state index contributed by atoms with van der Waals surface area (Å²) in [7, 11) is 0. The molecule has 0 unspecified atom stereocenters. The van der Waals surface area contributed by atoms with Crippen molar-refractivity contribution in [2.24, 2.45) is 5.41 Å². The van der Waals surface area contributed by atoms with Crippen LogP contribution in [-0.2, 0) is 9.59 Å². The van der Waals surface area contributed by atoms with Crippen molar-refractivity contribution >= 4 is 23.6 Å². The van der Waals surface area contributed by atoms with Gasteiger partial charge in [-0.25, -0.2) is 8.78 Å². The van der Waals surface area contributed by atoms with E-state index in [1.807, 2.05) is 0 Å². The van der Waals surface area contributed by atoms with E-state index in [9.17, 15) is 18.4 Å². The minimum absolute atomic E-state index is 0.0434. The van der Waals surface area contributed by atoms with Gasteiger partial charge in [0.2, 0.25) is 5.91 Å². The van der Waals surface area contributed by atoms with Gasteiger partial charge in [-0.2, -0.15) is 0 Å². The fraction of sp³-hybridized carbons (Fsp3) is 0.385. The third-order valence-corrected chi connectivity index (χ3v) is 4.23. The highest BCUT2D eigenvalue weighted by Crippen LogP contribution is 2.45. The molecule has 0 saturated heterocycles. The minimum Gasteiger partial charge on any atom is -0.481 e. The van der Waals surface area contributed by atoms with E-state index in [4.69, 9.17) is 5.11 Å². The number of nitrogens with one attached hydrogen (secondary N) is 1. The molecule has 108 valence electrons. The van der Waals surface area contributed by atoms with E-state index in [0.29, 0.717) is 12.8 Å². The number of halogens is 2. The normalized spacial score (nSPS) is 15.7. The number of carboxylic acids is 1. The molecule has 1 aromatic carbocycles. The zero-order chi connectivity index (χ0) is 14.8. The number of carbonyl (C=O) groups excluding carboxylic acids is 1. The van der Waals surface area contributed by atoms with Gasteiger partial charge in [0.25, 0.3) is 0 Å². The molecule has 4 nitrogen and oxygen atoms in total. The maximum absolute atomic E-state index is 13.3. The summed E-state index contributed by atoms with van der Waals surface area (Å²) in [4.78, 5) is 22.7. The van der Waals surface area contributed by atoms with Crippen molar-refractivity contribution in [2.75, 3.05) is 12.3 Å². The summed E-state index contributed by atoms with van der Waals surface area (Å²) < 4.78 is 26.0. The van der Waals surface area contributed by atoms with Crippen molar-refractivity contribution in [3.8, 4) is 0 Å². The first-order valence-corrected chi connectivity index (χ1v) is 6.99. The van der Waals surface area contributed by atoms with Gasteiger partial charge < -0.3 is 10.4 Å². The Balaban J connectivity index is 1.79. The lowest BCUT2D eigenvalue weighted by Crippen LogP contribution is -2.35. The maximum Gasteiger partial charge on any atom is 0.311 e. The molecule has 2 rings (SSSR count). The lowest BCUT2D eigenvalue weighted by molar-refractivity contribution is -0.143. The highest BCUT2D eigenvalue weighted by Gasteiger charge is 2.50. The molecule has 1 aliphatic rings. The Bertz CT molecular complexity index is 546. The Hall–Kier alpha value is -1.63. The highest BCUT2D eigenvalue weighted by atomic mass is 32.2. The van der Waals surface area contributed by atoms with Crippen molar-refractivity contribution in [3.05, 3.63) is 29.8 Å². The summed E-state index contributed by atoms with van der Waals surface area (Å²) in [6.07, 6.45) is 1.12. The SMILES string of the molecule is O=C(CSc1ccc(F)cc1F)NCC1(C(=O)O)CC1. The van der Waals surface area contributed by atoms with Gasteiger partial charge in [-0.05, 0) is 25.0 Å². The molecule has 0 spiro atoms. The van der Waals surface area contributed by atoms with Gasteiger partial charge in [-0.1, -0.05) is 0 Å². The van der Waals surface area contributed by atoms with Crippen molar-refractivity contribution < 1.29 is 23.5 Å². The first kappa shape index (κ1) is 14.8. The third kappa shape index (κ3) is 3.47. The van der Waals surface area contributed by atoms with Crippen molar-refractivity contribution in [1.82, 2.24) is 5.32 Å². The molecule has 1 amide bonds. The predicted octanol–water partition coefficient (Wildman–Crippen LogP) is 2.04. The summed E-state index contributed by atoms with van der Waals surface area (Å²) >= 11 is 0.942. The molecule has 0 radical (unpaired) electrons. The molecule has 0 bridgehead atoms. The monoisotopic (exact) mass is 301 g/mol. The Labute approximate surface area is 118 Å². The van der Waals surface area contributed by atoms with E-state index in [-0.39, 0.29) is 23.1 Å². The van der Waals surface area contributed by atoms with Gasteiger partial charge in [0.15, 0.2) is 0 Å². The van der Waals surface area contributed by atoms with E-state index in [0.717, 1.165) is 23.9 Å². The smallest absolute Gasteiger partial charge is 0.311 e. The molecule has 1 aromatic rings. The fourth-order valence-electron chi connectivity index (χ4n) is 1.67. The Morgan fingerprint density at radius 3 is 2.60 bits per heavy atom. The second kappa shape index (κ2) is 5.78. The van der Waals surface area contributed by atoms with Gasteiger partial charge in [0, 0.05) is 17.5 Å². The van der Waals surface area contributed by atoms with E-state index in [1.54, 1.807) is 0 Å². The highest BCUT2D eigenvalue weighted by molar-refractivity contribution is 8.00. The van der Waals surface area contributed by atoms with Crippen LogP contribution in [0.3, 0.4) is 0 Å². The van der Waals surface area contributed by atoms with Crippen LogP contribution in [0.15, 0.2) is 23.1 Å². The molecule has 1 saturated carbocycles. The first-order valence-electron chi connectivity index (χ1n) is 6.01. The van der Waals surface area contributed by atoms with Crippen LogP contribution in [0.25, 0.3) is 0 Å². The summed E-state index contributed by atoms with van der Waals surface area (Å²) in [5.74, 6) is -2.71. The molecule has 1 aliphatic carbocycles. The number of carbonyl (C=O) groups is 2. The molecular weight excluding hydrogens is 288 g/mol. The van der Waals surface area contributed by atoms with Crippen molar-refractivity contribution in [1.29, 1.82) is 0 Å². The van der Waals surface area contributed by atoms with Gasteiger partial charge >= 0.3 is 5.97 Å². The minimum atomic E-state index is -0.907. The largest absolute Gasteiger partial charge is 0.481 e. The van der Waals surface area contributed by atoms with Crippen LogP contribution in [0.1, 0.15) is 12.8 Å². The third-order valence-electron chi connectivity index (χ3n) is 3.18. The predicted molar refractivity (Wildman–Crippen MR) is 69.4 cm³/mol. The van der Waals surface area contributed by atoms with Gasteiger partial charge in [0.1, 0.15) is 11.6 Å². The Morgan fingerprint density at radius 1 is 1.35 bits per heavy atom. The summed E-state index contributed by atoms with van der Waals surface area (Å²) in [5.41, 5.74) is -0.818. The van der Waals surface area contributed by atoms with Crippen LogP contribution < -0.4 is 5.32 Å². The number of rotatable bonds is 6. The van der Waals surface area contributed by atoms with Crippen molar-refractivity contribution in [3.63, 3.8) is 0 Å². The second-order valence-electron chi connectivity index (χ2n) is 4.73. The number of aliphatic carboxylic acids is 1. The number of hydrogen-bond acceptors (Lipinski definition) is 3. The maximum atomic E-state index is 13.3. The zero-order valence-electron chi connectivity index (χ0n) is 10.5. The van der Waals surface area contributed by atoms with E-state index in [1.165, 1.54) is 6.07 Å². The van der Waals surface area contributed by atoms with Crippen LogP contribution in [0.5, 0.6) is 0 Å². The average Bonchev–Trinajstić information content (AvgIpc) is 3.16. The number of thioether (sulfide) groups is 1. The molecule has 0 heterocycles. The summed E-state index contributed by atoms with van der Waals surface area (Å²) in [5, 5.41) is 11.5. The Kier molecular flexibility index (Phi) is 4.27. The van der Waals surface area contributed by atoms with Crippen LogP contribution in [0.4, 0.5) is 8.78 Å². The number of carboxylic acid groups (broad SMARTS) is 1. The molecule has 1 fully saturated rings. The second-order valence-corrected chi connectivity index (χ2v) is 5.74. The number of amides is 1. The first-order chi connectivity index (χ1) is 9.43. The fourth-order valence-corrected chi connectivity index (χ4v) is 2.42. The molecule has 0 aliphatic heterocycles. The molecule has 7 heteroatoms. The van der Waals surface area contributed by atoms with Crippen LogP contribution in [0.2, 0.25) is 0 Å². The quantitative estimate of drug-likeness (QED) is 0.789. The van der Waals surface area contributed by atoms with E-state index in [2.05, 4.69) is 5.32 Å². The van der Waals surface area contributed by atoms with Gasteiger partial charge in [-0.3, -0.25) is 9.59 Å². The van der Waals surface area contributed by atoms with Gasteiger partial charge in [0.05, 0.1) is 11.2 Å².